The molecule has 0 atom stereocenters. The zero-order valence-electron chi connectivity index (χ0n) is 16.6. The van der Waals surface area contributed by atoms with Gasteiger partial charge in [-0.05, 0) is 43.2 Å². The molecule has 0 saturated carbocycles. The third-order valence-corrected chi connectivity index (χ3v) is 4.95. The number of imide groups is 1. The minimum atomic E-state index is -0.474. The van der Waals surface area contributed by atoms with Gasteiger partial charge < -0.3 is 4.42 Å². The number of aromatic nitrogens is 2. The smallest absolute Gasteiger partial charge is 0.322 e. The highest BCUT2D eigenvalue weighted by molar-refractivity contribution is 6.20. The molecule has 1 aliphatic rings. The molecule has 0 unspecified atom stereocenters. The molecule has 0 aliphatic carbocycles. The molecule has 1 N–H and O–H groups in total. The molecule has 152 valence electrons. The lowest BCUT2D eigenvalue weighted by atomic mass is 10.0. The van der Waals surface area contributed by atoms with E-state index in [1.165, 1.54) is 11.6 Å². The normalized spacial score (nSPS) is 13.7. The maximum Gasteiger partial charge on any atom is 0.322 e. The van der Waals surface area contributed by atoms with Gasteiger partial charge in [0.2, 0.25) is 17.7 Å². The first-order valence-electron chi connectivity index (χ1n) is 9.56. The number of anilines is 2. The Morgan fingerprint density at radius 3 is 2.57 bits per heavy atom. The quantitative estimate of drug-likeness (QED) is 0.655. The van der Waals surface area contributed by atoms with Crippen LogP contribution in [0.3, 0.4) is 0 Å². The van der Waals surface area contributed by atoms with Crippen LogP contribution in [0.15, 0.2) is 46.9 Å². The molecule has 4 rings (SSSR count). The van der Waals surface area contributed by atoms with Gasteiger partial charge in [0, 0.05) is 18.4 Å². The minimum Gasteiger partial charge on any atom is -0.407 e. The van der Waals surface area contributed by atoms with E-state index in [1.54, 1.807) is 18.2 Å². The minimum absolute atomic E-state index is 0.0153. The predicted molar refractivity (Wildman–Crippen MR) is 109 cm³/mol. The molecule has 30 heavy (non-hydrogen) atoms. The first-order valence-corrected chi connectivity index (χ1v) is 9.56. The summed E-state index contributed by atoms with van der Waals surface area (Å²) in [5.41, 5.74) is 4.01. The van der Waals surface area contributed by atoms with E-state index in [1.807, 2.05) is 26.0 Å². The molecule has 1 saturated heterocycles. The van der Waals surface area contributed by atoms with Crippen molar-refractivity contribution in [3.8, 4) is 0 Å². The summed E-state index contributed by atoms with van der Waals surface area (Å²) in [6.45, 7) is 4.05. The van der Waals surface area contributed by atoms with Gasteiger partial charge in [-0.25, -0.2) is 0 Å². The van der Waals surface area contributed by atoms with Crippen LogP contribution in [0.2, 0.25) is 0 Å². The second-order valence-corrected chi connectivity index (χ2v) is 7.24. The van der Waals surface area contributed by atoms with E-state index in [9.17, 15) is 14.4 Å². The van der Waals surface area contributed by atoms with Gasteiger partial charge in [0.05, 0.1) is 12.1 Å². The number of nitrogens with zero attached hydrogens (tertiary/aromatic N) is 3. The number of carbonyl (C=O) groups is 3. The number of amides is 3. The average molecular weight is 404 g/mol. The van der Waals surface area contributed by atoms with Gasteiger partial charge >= 0.3 is 6.01 Å². The first kappa shape index (κ1) is 19.5. The van der Waals surface area contributed by atoms with Crippen LogP contribution in [0.25, 0.3) is 0 Å². The molecule has 2 heterocycles. The van der Waals surface area contributed by atoms with Gasteiger partial charge in [0.1, 0.15) is 0 Å². The molecule has 3 aromatic rings. The third kappa shape index (κ3) is 3.98. The first-order chi connectivity index (χ1) is 14.4. The van der Waals surface area contributed by atoms with Gasteiger partial charge in [0.15, 0.2) is 0 Å². The van der Waals surface area contributed by atoms with Crippen molar-refractivity contribution < 1.29 is 18.8 Å². The third-order valence-electron chi connectivity index (χ3n) is 4.95. The molecular weight excluding hydrogens is 384 g/mol. The number of hydrogen-bond acceptors (Lipinski definition) is 6. The number of benzene rings is 2. The van der Waals surface area contributed by atoms with Crippen molar-refractivity contribution in [2.45, 2.75) is 33.1 Å². The van der Waals surface area contributed by atoms with E-state index in [4.69, 9.17) is 4.42 Å². The highest BCUT2D eigenvalue weighted by atomic mass is 16.4. The van der Waals surface area contributed by atoms with E-state index in [0.717, 1.165) is 16.0 Å². The Kier molecular flexibility index (Phi) is 5.14. The van der Waals surface area contributed by atoms with Crippen LogP contribution in [-0.4, -0.2) is 27.9 Å². The summed E-state index contributed by atoms with van der Waals surface area (Å²) in [6, 6.07) is 12.4. The summed E-state index contributed by atoms with van der Waals surface area (Å²) in [6.07, 6.45) is 0.824. The molecular formula is C22H20N4O4. The van der Waals surface area contributed by atoms with Crippen molar-refractivity contribution in [3.63, 3.8) is 0 Å². The molecule has 1 aromatic heterocycles. The summed E-state index contributed by atoms with van der Waals surface area (Å²) in [4.78, 5) is 37.5. The van der Waals surface area contributed by atoms with Gasteiger partial charge in [-0.2, -0.15) is 0 Å². The molecule has 8 heteroatoms. The molecule has 0 radical (unpaired) electrons. The Morgan fingerprint density at radius 1 is 1.07 bits per heavy atom. The van der Waals surface area contributed by atoms with E-state index >= 15 is 0 Å². The summed E-state index contributed by atoms with van der Waals surface area (Å²) in [7, 11) is 0. The van der Waals surface area contributed by atoms with Crippen molar-refractivity contribution in [2.75, 3.05) is 10.2 Å². The Labute approximate surface area is 172 Å². The van der Waals surface area contributed by atoms with Crippen LogP contribution in [0, 0.1) is 13.8 Å². The number of aryl methyl sites for hydroxylation is 2. The van der Waals surface area contributed by atoms with E-state index in [-0.39, 0.29) is 36.2 Å². The van der Waals surface area contributed by atoms with Crippen LogP contribution in [0.4, 0.5) is 11.7 Å². The predicted octanol–water partition coefficient (Wildman–Crippen LogP) is 3.18. The SMILES string of the molecule is Cc1ccc(Cc2nnc(NC(=O)c3cccc(N4C(=O)CCC4=O)c3)o2)c(C)c1. The summed E-state index contributed by atoms with van der Waals surface area (Å²) >= 11 is 0. The second kappa shape index (κ2) is 7.90. The topological polar surface area (TPSA) is 105 Å². The molecule has 1 aliphatic heterocycles. The zero-order chi connectivity index (χ0) is 21.3. The fourth-order valence-corrected chi connectivity index (χ4v) is 3.40. The second-order valence-electron chi connectivity index (χ2n) is 7.24. The Hall–Kier alpha value is -3.81. The van der Waals surface area contributed by atoms with Crippen molar-refractivity contribution in [3.05, 3.63) is 70.6 Å². The molecule has 2 aromatic carbocycles. The van der Waals surface area contributed by atoms with Crippen LogP contribution < -0.4 is 10.2 Å². The molecule has 3 amide bonds. The lowest BCUT2D eigenvalue weighted by Gasteiger charge is -2.14. The van der Waals surface area contributed by atoms with E-state index < -0.39 is 5.91 Å². The van der Waals surface area contributed by atoms with Gasteiger partial charge in [0.25, 0.3) is 5.91 Å². The van der Waals surface area contributed by atoms with Crippen molar-refractivity contribution >= 4 is 29.4 Å². The highest BCUT2D eigenvalue weighted by Gasteiger charge is 2.30. The maximum atomic E-state index is 12.6. The summed E-state index contributed by atoms with van der Waals surface area (Å²) in [5, 5.41) is 10.4. The van der Waals surface area contributed by atoms with Crippen molar-refractivity contribution in [1.82, 2.24) is 10.2 Å². The van der Waals surface area contributed by atoms with Crippen molar-refractivity contribution in [1.29, 1.82) is 0 Å². The molecule has 0 spiro atoms. The van der Waals surface area contributed by atoms with Crippen molar-refractivity contribution in [2.24, 2.45) is 0 Å². The average Bonchev–Trinajstić information content (AvgIpc) is 3.29. The highest BCUT2D eigenvalue weighted by Crippen LogP contribution is 2.24. The molecule has 1 fully saturated rings. The van der Waals surface area contributed by atoms with Gasteiger partial charge in [-0.1, -0.05) is 34.9 Å². The largest absolute Gasteiger partial charge is 0.407 e. The van der Waals surface area contributed by atoms with E-state index in [2.05, 4.69) is 21.6 Å². The van der Waals surface area contributed by atoms with Crippen LogP contribution in [0.5, 0.6) is 0 Å². The lowest BCUT2D eigenvalue weighted by molar-refractivity contribution is -0.121. The van der Waals surface area contributed by atoms with Gasteiger partial charge in [-0.3, -0.25) is 24.6 Å². The monoisotopic (exact) mass is 404 g/mol. The lowest BCUT2D eigenvalue weighted by Crippen LogP contribution is -2.28. The molecule has 0 bridgehead atoms. The Morgan fingerprint density at radius 2 is 1.83 bits per heavy atom. The fraction of sp³-hybridized carbons (Fsp3) is 0.227. The van der Waals surface area contributed by atoms with Crippen LogP contribution >= 0.6 is 0 Å². The number of rotatable bonds is 5. The number of carbonyl (C=O) groups excluding carboxylic acids is 3. The standard InChI is InChI=1S/C22H20N4O4/c1-13-6-7-15(14(2)10-13)12-18-24-25-22(30-18)23-21(29)16-4-3-5-17(11-16)26-19(27)8-9-20(26)28/h3-7,10-11H,8-9,12H2,1-2H3,(H,23,25,29). The summed E-state index contributed by atoms with van der Waals surface area (Å²) < 4.78 is 5.56. The molecule has 8 nitrogen and oxygen atoms in total. The van der Waals surface area contributed by atoms with E-state index in [0.29, 0.717) is 18.0 Å². The number of nitrogens with one attached hydrogen (secondary N) is 1. The zero-order valence-corrected chi connectivity index (χ0v) is 16.6. The fourth-order valence-electron chi connectivity index (χ4n) is 3.40. The summed E-state index contributed by atoms with van der Waals surface area (Å²) in [5.74, 6) is -0.632. The van der Waals surface area contributed by atoms with Crippen LogP contribution in [0.1, 0.15) is 45.8 Å². The van der Waals surface area contributed by atoms with Crippen LogP contribution in [-0.2, 0) is 16.0 Å². The Bertz CT molecular complexity index is 1140. The Balaban J connectivity index is 1.46. The number of hydrogen-bond donors (Lipinski definition) is 1. The van der Waals surface area contributed by atoms with Gasteiger partial charge in [-0.15, -0.1) is 5.10 Å². The maximum absolute atomic E-state index is 12.6.